The molecule has 1 N–H and O–H groups in total. The van der Waals surface area contributed by atoms with Crippen LogP contribution in [0.5, 0.6) is 0 Å². The van der Waals surface area contributed by atoms with Gasteiger partial charge in [0.2, 0.25) is 0 Å². The Morgan fingerprint density at radius 1 is 1.42 bits per heavy atom. The molecule has 0 fully saturated rings. The molecule has 1 aliphatic rings. The third kappa shape index (κ3) is 1.50. The number of nitrogens with zero attached hydrogens (tertiary/aromatic N) is 2. The van der Waals surface area contributed by atoms with Crippen LogP contribution in [0.25, 0.3) is 0 Å². The van der Waals surface area contributed by atoms with Gasteiger partial charge >= 0.3 is 6.03 Å². The average Bonchev–Trinajstić information content (AvgIpc) is 1.82. The second kappa shape index (κ2) is 3.02. The molecule has 1 atom stereocenters. The molecular formula is C7H11N3O2. The summed E-state index contributed by atoms with van der Waals surface area (Å²) in [6, 6.07) is -0.988. The fourth-order valence-corrected chi connectivity index (χ4v) is 1.22. The first-order valence-electron chi connectivity index (χ1n) is 3.59. The van der Waals surface area contributed by atoms with Crippen molar-refractivity contribution >= 4 is 17.6 Å². The highest BCUT2D eigenvalue weighted by Crippen LogP contribution is 2.02. The van der Waals surface area contributed by atoms with E-state index in [1.54, 1.807) is 25.9 Å². The number of rotatable bonds is 1. The van der Waals surface area contributed by atoms with Crippen LogP contribution in [-0.2, 0) is 4.79 Å². The minimum absolute atomic E-state index is 0.308. The predicted molar refractivity (Wildman–Crippen MR) is 44.1 cm³/mol. The van der Waals surface area contributed by atoms with E-state index in [1.807, 2.05) is 0 Å². The van der Waals surface area contributed by atoms with Crippen LogP contribution in [0.15, 0.2) is 4.99 Å². The van der Waals surface area contributed by atoms with Crippen LogP contribution in [-0.4, -0.2) is 42.7 Å². The smallest absolute Gasteiger partial charge is 0.293 e. The van der Waals surface area contributed by atoms with E-state index in [2.05, 4.69) is 10.3 Å². The molecule has 0 aromatic rings. The molecule has 5 heteroatoms. The fraction of sp³-hybridized carbons (Fsp3) is 0.571. The number of likely N-dealkylation sites (N-methyl/N-ethyl adjacent to an activating group) is 1. The summed E-state index contributed by atoms with van der Waals surface area (Å²) in [5, 5.41) is 2.13. The Morgan fingerprint density at radius 3 is 2.42 bits per heavy atom. The van der Waals surface area contributed by atoms with Crippen molar-refractivity contribution in [2.24, 2.45) is 4.99 Å². The average molecular weight is 169 g/mol. The largest absolute Gasteiger partial charge is 0.347 e. The van der Waals surface area contributed by atoms with E-state index < -0.39 is 12.1 Å². The number of carbonyl (C=O) groups excluding carboxylic acids is 2. The van der Waals surface area contributed by atoms with Crippen molar-refractivity contribution in [2.45, 2.75) is 13.0 Å². The number of carbonyl (C=O) groups is 2. The molecule has 0 spiro atoms. The Balaban J connectivity index is 2.94. The van der Waals surface area contributed by atoms with Gasteiger partial charge in [-0.05, 0) is 21.0 Å². The minimum atomic E-state index is -0.574. The highest BCUT2D eigenvalue weighted by atomic mass is 16.2. The summed E-state index contributed by atoms with van der Waals surface area (Å²) in [5.74, 6) is -0.308. The number of urea groups is 1. The highest BCUT2D eigenvalue weighted by molar-refractivity contribution is 6.18. The van der Waals surface area contributed by atoms with Crippen molar-refractivity contribution in [3.05, 3.63) is 0 Å². The van der Waals surface area contributed by atoms with E-state index in [4.69, 9.17) is 0 Å². The van der Waals surface area contributed by atoms with Crippen LogP contribution >= 0.6 is 0 Å². The molecule has 0 radical (unpaired) electrons. The summed E-state index contributed by atoms with van der Waals surface area (Å²) in [4.78, 5) is 27.3. The molecule has 0 saturated heterocycles. The Kier molecular flexibility index (Phi) is 2.23. The minimum Gasteiger partial charge on any atom is -0.293 e. The third-order valence-electron chi connectivity index (χ3n) is 1.67. The van der Waals surface area contributed by atoms with E-state index in [0.717, 1.165) is 0 Å². The molecular weight excluding hydrogens is 158 g/mol. The van der Waals surface area contributed by atoms with Gasteiger partial charge in [0.05, 0.1) is 0 Å². The molecule has 0 aliphatic carbocycles. The lowest BCUT2D eigenvalue weighted by Crippen LogP contribution is -2.52. The molecule has 0 aromatic heterocycles. The summed E-state index contributed by atoms with van der Waals surface area (Å²) >= 11 is 0. The van der Waals surface area contributed by atoms with E-state index in [9.17, 15) is 9.59 Å². The lowest BCUT2D eigenvalue weighted by Gasteiger charge is -2.25. The number of aliphatic imine (C=N–C) groups is 1. The summed E-state index contributed by atoms with van der Waals surface area (Å²) in [6.45, 7) is 1.67. The quantitative estimate of drug-likeness (QED) is 0.582. The van der Waals surface area contributed by atoms with Gasteiger partial charge in [0.15, 0.2) is 0 Å². The Hall–Kier alpha value is -1.23. The van der Waals surface area contributed by atoms with Crippen molar-refractivity contribution in [3.8, 4) is 0 Å². The number of imide groups is 1. The first kappa shape index (κ1) is 8.86. The summed E-state index contributed by atoms with van der Waals surface area (Å²) in [5.41, 5.74) is 0.536. The van der Waals surface area contributed by atoms with Crippen molar-refractivity contribution in [3.63, 3.8) is 0 Å². The normalized spacial score (nSPS) is 24.0. The molecule has 5 nitrogen and oxygen atoms in total. The first-order valence-corrected chi connectivity index (χ1v) is 3.59. The maximum Gasteiger partial charge on any atom is 0.347 e. The predicted octanol–water partition coefficient (Wildman–Crippen LogP) is -0.373. The zero-order valence-corrected chi connectivity index (χ0v) is 7.29. The summed E-state index contributed by atoms with van der Waals surface area (Å²) < 4.78 is 0. The van der Waals surface area contributed by atoms with Crippen molar-refractivity contribution < 1.29 is 9.59 Å². The number of hydrogen-bond donors (Lipinski definition) is 1. The maximum atomic E-state index is 11.2. The van der Waals surface area contributed by atoms with Gasteiger partial charge in [-0.25, -0.2) is 9.79 Å². The molecule has 12 heavy (non-hydrogen) atoms. The van der Waals surface area contributed by atoms with Crippen LogP contribution in [0.4, 0.5) is 4.79 Å². The standard InChI is InChI=1S/C7H11N3O2/c1-4-5(10(2)3)6(11)9-7(12)8-4/h5H,1-3H3,(H,9,11,12). The Morgan fingerprint density at radius 2 is 2.00 bits per heavy atom. The van der Waals surface area contributed by atoms with Gasteiger partial charge in [0.25, 0.3) is 5.91 Å². The van der Waals surface area contributed by atoms with Crippen LogP contribution in [0, 0.1) is 0 Å². The lowest BCUT2D eigenvalue weighted by molar-refractivity contribution is -0.122. The second-order valence-electron chi connectivity index (χ2n) is 2.91. The zero-order valence-electron chi connectivity index (χ0n) is 7.29. The van der Waals surface area contributed by atoms with E-state index in [-0.39, 0.29) is 5.91 Å². The third-order valence-corrected chi connectivity index (χ3v) is 1.67. The fourth-order valence-electron chi connectivity index (χ4n) is 1.22. The number of hydrogen-bond acceptors (Lipinski definition) is 3. The SMILES string of the molecule is CC1=NC(=O)NC(=O)C1N(C)C. The molecule has 66 valence electrons. The van der Waals surface area contributed by atoms with Crippen LogP contribution in [0.1, 0.15) is 6.92 Å². The molecule has 1 rings (SSSR count). The van der Waals surface area contributed by atoms with Crippen LogP contribution in [0.2, 0.25) is 0 Å². The van der Waals surface area contributed by atoms with Gasteiger partial charge in [-0.2, -0.15) is 0 Å². The molecule has 0 aromatic carbocycles. The van der Waals surface area contributed by atoms with Gasteiger partial charge in [0, 0.05) is 5.71 Å². The number of nitrogens with one attached hydrogen (secondary N) is 1. The van der Waals surface area contributed by atoms with Gasteiger partial charge < -0.3 is 0 Å². The summed E-state index contributed by atoms with van der Waals surface area (Å²) in [7, 11) is 3.53. The second-order valence-corrected chi connectivity index (χ2v) is 2.91. The van der Waals surface area contributed by atoms with Crippen LogP contribution < -0.4 is 5.32 Å². The van der Waals surface area contributed by atoms with Crippen molar-refractivity contribution in [1.82, 2.24) is 10.2 Å². The molecule has 1 aliphatic heterocycles. The van der Waals surface area contributed by atoms with Gasteiger partial charge in [-0.3, -0.25) is 15.0 Å². The topological polar surface area (TPSA) is 61.8 Å². The molecule has 1 unspecified atom stereocenters. The molecule has 1 heterocycles. The van der Waals surface area contributed by atoms with Gasteiger partial charge in [0.1, 0.15) is 6.04 Å². The summed E-state index contributed by atoms with van der Waals surface area (Å²) in [6.07, 6.45) is 0. The van der Waals surface area contributed by atoms with Crippen molar-refractivity contribution in [1.29, 1.82) is 0 Å². The van der Waals surface area contributed by atoms with Crippen molar-refractivity contribution in [2.75, 3.05) is 14.1 Å². The molecule has 0 bridgehead atoms. The highest BCUT2D eigenvalue weighted by Gasteiger charge is 2.29. The van der Waals surface area contributed by atoms with E-state index in [0.29, 0.717) is 5.71 Å². The molecule has 0 saturated carbocycles. The number of amides is 3. The Bertz CT molecular complexity index is 257. The van der Waals surface area contributed by atoms with Gasteiger partial charge in [-0.1, -0.05) is 0 Å². The monoisotopic (exact) mass is 169 g/mol. The van der Waals surface area contributed by atoms with Gasteiger partial charge in [-0.15, -0.1) is 0 Å². The molecule has 3 amide bonds. The Labute approximate surface area is 70.5 Å². The maximum absolute atomic E-state index is 11.2. The zero-order chi connectivity index (χ0) is 9.30. The first-order chi connectivity index (χ1) is 5.52. The van der Waals surface area contributed by atoms with E-state index >= 15 is 0 Å². The lowest BCUT2D eigenvalue weighted by atomic mass is 10.1. The van der Waals surface area contributed by atoms with Crippen LogP contribution in [0.3, 0.4) is 0 Å². The van der Waals surface area contributed by atoms with E-state index in [1.165, 1.54) is 0 Å².